The number of aliphatic hydroxyl groups is 1. The minimum Gasteiger partial charge on any atom is -0.390 e. The number of nitrogens with zero attached hydrogens (tertiary/aromatic N) is 2. The van der Waals surface area contributed by atoms with Gasteiger partial charge in [-0.05, 0) is 66.1 Å². The molecule has 1 aromatic heterocycles. The zero-order valence-corrected chi connectivity index (χ0v) is 11.8. The first-order valence-corrected chi connectivity index (χ1v) is 7.55. The Balaban J connectivity index is 1.69. The van der Waals surface area contributed by atoms with Crippen molar-refractivity contribution in [3.8, 4) is 0 Å². The van der Waals surface area contributed by atoms with Crippen LogP contribution in [0.25, 0.3) is 0 Å². The third kappa shape index (κ3) is 1.62. The van der Waals surface area contributed by atoms with Crippen molar-refractivity contribution in [2.45, 2.75) is 49.8 Å². The van der Waals surface area contributed by atoms with Gasteiger partial charge in [0.25, 0.3) is 0 Å². The van der Waals surface area contributed by atoms with Gasteiger partial charge in [-0.2, -0.15) is 0 Å². The van der Waals surface area contributed by atoms with Gasteiger partial charge in [-0.25, -0.2) is 4.98 Å². The molecule has 2 aliphatic carbocycles. The van der Waals surface area contributed by atoms with Gasteiger partial charge in [0.05, 0.1) is 5.60 Å². The molecule has 0 amide bonds. The molecule has 1 N–H and O–H groups in total. The number of rotatable bonds is 1. The Kier molecular flexibility index (Phi) is 2.31. The highest BCUT2D eigenvalue weighted by Gasteiger charge is 2.54. The van der Waals surface area contributed by atoms with Crippen LogP contribution in [0.2, 0.25) is 0 Å². The van der Waals surface area contributed by atoms with E-state index in [4.69, 9.17) is 0 Å². The summed E-state index contributed by atoms with van der Waals surface area (Å²) in [7, 11) is 0. The van der Waals surface area contributed by atoms with Crippen LogP contribution in [-0.2, 0) is 0 Å². The maximum atomic E-state index is 10.6. The fraction of sp³-hybridized carbons (Fsp3) is 0.643. The number of pyridine rings is 1. The molecule has 4 bridgehead atoms. The predicted molar refractivity (Wildman–Crippen MR) is 73.5 cm³/mol. The fourth-order valence-electron chi connectivity index (χ4n) is 4.48. The van der Waals surface area contributed by atoms with Crippen LogP contribution in [0.15, 0.2) is 22.8 Å². The highest BCUT2D eigenvalue weighted by Crippen LogP contribution is 2.52. The van der Waals surface area contributed by atoms with Crippen molar-refractivity contribution in [2.75, 3.05) is 4.90 Å². The Morgan fingerprint density at radius 1 is 1.22 bits per heavy atom. The van der Waals surface area contributed by atoms with Crippen LogP contribution in [-0.4, -0.2) is 27.8 Å². The predicted octanol–water partition coefficient (Wildman–Crippen LogP) is 2.73. The summed E-state index contributed by atoms with van der Waals surface area (Å²) in [4.78, 5) is 7.01. The number of anilines is 1. The number of hydrogen-bond donors (Lipinski definition) is 1. The molecule has 4 fully saturated rings. The molecule has 0 spiro atoms. The standard InChI is InChI=1S/C14H17BrN2O/c15-10-1-2-13(16-8-10)17-11-3-9-4-12(17)7-14(18,5-9)6-11/h1-2,8-9,11-12,18H,3-7H2/t9?,11-,12-,14?/m0/s1. The second kappa shape index (κ2) is 3.70. The summed E-state index contributed by atoms with van der Waals surface area (Å²) in [5.41, 5.74) is -0.373. The molecule has 4 aliphatic rings. The summed E-state index contributed by atoms with van der Waals surface area (Å²) < 4.78 is 1.02. The largest absolute Gasteiger partial charge is 0.390 e. The quantitative estimate of drug-likeness (QED) is 0.866. The van der Waals surface area contributed by atoms with Gasteiger partial charge in [-0.3, -0.25) is 0 Å². The lowest BCUT2D eigenvalue weighted by atomic mass is 9.61. The third-order valence-corrected chi connectivity index (χ3v) is 5.34. The van der Waals surface area contributed by atoms with E-state index in [1.165, 1.54) is 12.8 Å². The molecule has 3 heterocycles. The van der Waals surface area contributed by atoms with Crippen molar-refractivity contribution >= 4 is 21.7 Å². The topological polar surface area (TPSA) is 36.4 Å². The number of halogens is 1. The third-order valence-electron chi connectivity index (χ3n) is 4.87. The van der Waals surface area contributed by atoms with E-state index in [1.54, 1.807) is 0 Å². The lowest BCUT2D eigenvalue weighted by Gasteiger charge is -2.60. The Labute approximate surface area is 115 Å². The summed E-state index contributed by atoms with van der Waals surface area (Å²) in [6.07, 6.45) is 7.22. The summed E-state index contributed by atoms with van der Waals surface area (Å²) in [5.74, 6) is 1.81. The lowest BCUT2D eigenvalue weighted by Crippen LogP contribution is -2.64. The monoisotopic (exact) mass is 308 g/mol. The molecule has 0 radical (unpaired) electrons. The molecule has 4 heteroatoms. The molecule has 96 valence electrons. The summed E-state index contributed by atoms with van der Waals surface area (Å²) in [5, 5.41) is 10.6. The summed E-state index contributed by atoms with van der Waals surface area (Å²) in [6.45, 7) is 0. The van der Waals surface area contributed by atoms with Crippen LogP contribution in [0.5, 0.6) is 0 Å². The normalized spacial score (nSPS) is 41.4. The SMILES string of the molecule is OC12CC3C[C@@H](C1)N(c1ccc(Br)cn1)[C@@H](C3)C2. The van der Waals surface area contributed by atoms with Crippen LogP contribution < -0.4 is 4.90 Å². The average molecular weight is 309 g/mol. The van der Waals surface area contributed by atoms with E-state index in [0.29, 0.717) is 12.1 Å². The van der Waals surface area contributed by atoms with Gasteiger partial charge in [-0.1, -0.05) is 0 Å². The van der Waals surface area contributed by atoms with Crippen molar-refractivity contribution in [3.63, 3.8) is 0 Å². The maximum Gasteiger partial charge on any atom is 0.129 e. The van der Waals surface area contributed by atoms with Gasteiger partial charge in [0.1, 0.15) is 5.82 Å². The van der Waals surface area contributed by atoms with Gasteiger partial charge in [0.15, 0.2) is 0 Å². The first-order chi connectivity index (χ1) is 8.63. The van der Waals surface area contributed by atoms with Crippen molar-refractivity contribution in [3.05, 3.63) is 22.8 Å². The minimum atomic E-state index is -0.373. The molecular formula is C14H17BrN2O. The van der Waals surface area contributed by atoms with Crippen molar-refractivity contribution in [1.29, 1.82) is 0 Å². The van der Waals surface area contributed by atoms with E-state index in [2.05, 4.69) is 37.9 Å². The zero-order chi connectivity index (χ0) is 12.3. The summed E-state index contributed by atoms with van der Waals surface area (Å²) >= 11 is 3.43. The highest BCUT2D eigenvalue weighted by molar-refractivity contribution is 9.10. The number of piperidine rings is 2. The second-order valence-electron chi connectivity index (χ2n) is 6.22. The van der Waals surface area contributed by atoms with E-state index in [9.17, 15) is 5.11 Å². The molecule has 18 heavy (non-hydrogen) atoms. The van der Waals surface area contributed by atoms with Crippen molar-refractivity contribution in [1.82, 2.24) is 4.98 Å². The molecule has 0 unspecified atom stereocenters. The Bertz CT molecular complexity index is 459. The minimum absolute atomic E-state index is 0.373. The molecule has 2 saturated carbocycles. The zero-order valence-electron chi connectivity index (χ0n) is 10.2. The second-order valence-corrected chi connectivity index (χ2v) is 7.14. The van der Waals surface area contributed by atoms with E-state index in [1.807, 2.05) is 6.20 Å². The molecule has 5 rings (SSSR count). The Hall–Kier alpha value is -0.610. The summed E-state index contributed by atoms with van der Waals surface area (Å²) in [6, 6.07) is 5.14. The van der Waals surface area contributed by atoms with Gasteiger partial charge in [-0.15, -0.1) is 0 Å². The fourth-order valence-corrected chi connectivity index (χ4v) is 4.72. The maximum absolute atomic E-state index is 10.6. The van der Waals surface area contributed by atoms with Crippen molar-refractivity contribution in [2.24, 2.45) is 5.92 Å². The molecule has 3 nitrogen and oxygen atoms in total. The first kappa shape index (κ1) is 11.2. The van der Waals surface area contributed by atoms with Gasteiger partial charge in [0.2, 0.25) is 0 Å². The van der Waals surface area contributed by atoms with Crippen LogP contribution in [0.1, 0.15) is 32.1 Å². The highest BCUT2D eigenvalue weighted by atomic mass is 79.9. The van der Waals surface area contributed by atoms with Crippen LogP contribution in [0.4, 0.5) is 5.82 Å². The van der Waals surface area contributed by atoms with E-state index < -0.39 is 0 Å². The molecule has 2 atom stereocenters. The van der Waals surface area contributed by atoms with Crippen LogP contribution in [0, 0.1) is 5.92 Å². The lowest BCUT2D eigenvalue weighted by molar-refractivity contribution is -0.0872. The smallest absolute Gasteiger partial charge is 0.129 e. The van der Waals surface area contributed by atoms with Gasteiger partial charge in [0, 0.05) is 22.8 Å². The van der Waals surface area contributed by atoms with E-state index >= 15 is 0 Å². The first-order valence-electron chi connectivity index (χ1n) is 6.75. The van der Waals surface area contributed by atoms with Gasteiger partial charge >= 0.3 is 0 Å². The molecule has 2 aliphatic heterocycles. The van der Waals surface area contributed by atoms with Crippen LogP contribution >= 0.6 is 15.9 Å². The van der Waals surface area contributed by atoms with Crippen LogP contribution in [0.3, 0.4) is 0 Å². The molecule has 2 saturated heterocycles. The van der Waals surface area contributed by atoms with E-state index in [0.717, 1.165) is 35.5 Å². The molecular weight excluding hydrogens is 292 g/mol. The molecule has 1 aromatic rings. The number of aromatic nitrogens is 1. The molecule has 0 aromatic carbocycles. The average Bonchev–Trinajstić information content (AvgIpc) is 2.28. The Morgan fingerprint density at radius 3 is 2.50 bits per heavy atom. The van der Waals surface area contributed by atoms with Crippen molar-refractivity contribution < 1.29 is 5.11 Å². The number of hydrogen-bond acceptors (Lipinski definition) is 3. The Morgan fingerprint density at radius 2 is 1.94 bits per heavy atom. The van der Waals surface area contributed by atoms with E-state index in [-0.39, 0.29) is 5.60 Å². The van der Waals surface area contributed by atoms with Gasteiger partial charge < -0.3 is 10.0 Å².